The van der Waals surface area contributed by atoms with Crippen molar-refractivity contribution in [3.8, 4) is 0 Å². The van der Waals surface area contributed by atoms with Crippen molar-refractivity contribution in [2.75, 3.05) is 6.61 Å². The lowest BCUT2D eigenvalue weighted by Crippen LogP contribution is -2.10. The molecule has 0 atom stereocenters. The summed E-state index contributed by atoms with van der Waals surface area (Å²) in [4.78, 5) is 10.7. The van der Waals surface area contributed by atoms with Crippen molar-refractivity contribution in [3.05, 3.63) is 6.42 Å². The normalized spacial score (nSPS) is 18.6. The van der Waals surface area contributed by atoms with E-state index in [-0.39, 0.29) is 5.97 Å². The molecule has 11 heavy (non-hydrogen) atoms. The van der Waals surface area contributed by atoms with Gasteiger partial charge in [-0.3, -0.25) is 4.79 Å². The summed E-state index contributed by atoms with van der Waals surface area (Å²) in [6.45, 7) is 2.33. The van der Waals surface area contributed by atoms with Gasteiger partial charge in [-0.05, 0) is 18.8 Å². The second kappa shape index (κ2) is 4.37. The Morgan fingerprint density at radius 2 is 2.18 bits per heavy atom. The molecule has 63 valence electrons. The molecule has 1 aliphatic carbocycles. The number of ether oxygens (including phenoxy) is 1. The average molecular weight is 155 g/mol. The summed E-state index contributed by atoms with van der Waals surface area (Å²) in [6, 6.07) is 0. The topological polar surface area (TPSA) is 26.3 Å². The van der Waals surface area contributed by atoms with Crippen LogP contribution in [-0.4, -0.2) is 12.6 Å². The molecule has 0 heterocycles. The Balaban J connectivity index is 2.06. The predicted molar refractivity (Wildman–Crippen MR) is 42.9 cm³/mol. The summed E-state index contributed by atoms with van der Waals surface area (Å²) in [5, 5.41) is 0. The highest BCUT2D eigenvalue weighted by Crippen LogP contribution is 2.24. The van der Waals surface area contributed by atoms with Gasteiger partial charge in [0, 0.05) is 0 Å². The smallest absolute Gasteiger partial charge is 0.309 e. The van der Waals surface area contributed by atoms with Gasteiger partial charge in [-0.1, -0.05) is 19.8 Å². The lowest BCUT2D eigenvalue weighted by atomic mass is 10.1. The minimum absolute atomic E-state index is 0.183. The number of esters is 1. The number of hydrogen-bond acceptors (Lipinski definition) is 2. The van der Waals surface area contributed by atoms with Crippen molar-refractivity contribution < 1.29 is 9.53 Å². The first-order valence-corrected chi connectivity index (χ1v) is 4.29. The fraction of sp³-hybridized carbons (Fsp3) is 0.778. The van der Waals surface area contributed by atoms with Crippen LogP contribution in [0.2, 0.25) is 0 Å². The van der Waals surface area contributed by atoms with E-state index in [1.807, 2.05) is 0 Å². The first-order valence-electron chi connectivity index (χ1n) is 4.29. The van der Waals surface area contributed by atoms with Gasteiger partial charge >= 0.3 is 5.97 Å². The van der Waals surface area contributed by atoms with Crippen molar-refractivity contribution in [3.63, 3.8) is 0 Å². The SMILES string of the molecule is C[CH]C(=O)OCC1CCCC1. The Bertz CT molecular complexity index is 126. The minimum atomic E-state index is -0.183. The van der Waals surface area contributed by atoms with Crippen LogP contribution in [0.3, 0.4) is 0 Å². The Hall–Kier alpha value is -0.530. The molecule has 0 amide bonds. The lowest BCUT2D eigenvalue weighted by molar-refractivity contribution is -0.140. The fourth-order valence-corrected chi connectivity index (χ4v) is 1.46. The highest BCUT2D eigenvalue weighted by atomic mass is 16.5. The minimum Gasteiger partial charge on any atom is -0.465 e. The third-order valence-electron chi connectivity index (χ3n) is 2.17. The molecule has 1 rings (SSSR count). The van der Waals surface area contributed by atoms with E-state index in [1.165, 1.54) is 32.1 Å². The van der Waals surface area contributed by atoms with E-state index in [1.54, 1.807) is 6.92 Å². The van der Waals surface area contributed by atoms with Crippen molar-refractivity contribution in [1.29, 1.82) is 0 Å². The molecule has 2 nitrogen and oxygen atoms in total. The maximum absolute atomic E-state index is 10.7. The van der Waals surface area contributed by atoms with Gasteiger partial charge in [0.2, 0.25) is 0 Å². The predicted octanol–water partition coefficient (Wildman–Crippen LogP) is 1.94. The van der Waals surface area contributed by atoms with E-state index in [9.17, 15) is 4.79 Å². The summed E-state index contributed by atoms with van der Waals surface area (Å²) >= 11 is 0. The molecule has 1 fully saturated rings. The van der Waals surface area contributed by atoms with E-state index in [2.05, 4.69) is 0 Å². The van der Waals surface area contributed by atoms with Crippen LogP contribution in [0.5, 0.6) is 0 Å². The van der Waals surface area contributed by atoms with Crippen LogP contribution < -0.4 is 0 Å². The van der Waals surface area contributed by atoms with Crippen LogP contribution in [0, 0.1) is 12.3 Å². The van der Waals surface area contributed by atoms with E-state index in [0.717, 1.165) is 0 Å². The molecule has 0 aromatic carbocycles. The molecule has 0 aliphatic heterocycles. The highest BCUT2D eigenvalue weighted by Gasteiger charge is 2.16. The molecular formula is C9H15O2. The lowest BCUT2D eigenvalue weighted by Gasteiger charge is -2.08. The molecule has 0 spiro atoms. The monoisotopic (exact) mass is 155 g/mol. The standard InChI is InChI=1S/C9H15O2/c1-2-9(10)11-7-8-5-3-4-6-8/h2,8H,3-7H2,1H3. The van der Waals surface area contributed by atoms with Crippen molar-refractivity contribution in [2.45, 2.75) is 32.6 Å². The van der Waals surface area contributed by atoms with Crippen LogP contribution in [-0.2, 0) is 9.53 Å². The molecule has 1 saturated carbocycles. The number of carbonyl (C=O) groups is 1. The molecular weight excluding hydrogens is 140 g/mol. The van der Waals surface area contributed by atoms with E-state index < -0.39 is 0 Å². The Morgan fingerprint density at radius 3 is 2.73 bits per heavy atom. The molecule has 0 saturated heterocycles. The average Bonchev–Trinajstić information content (AvgIpc) is 2.52. The van der Waals surface area contributed by atoms with Gasteiger partial charge < -0.3 is 4.74 Å². The van der Waals surface area contributed by atoms with Crippen LogP contribution in [0.1, 0.15) is 32.6 Å². The molecule has 0 N–H and O–H groups in total. The van der Waals surface area contributed by atoms with Gasteiger partial charge in [0.05, 0.1) is 13.0 Å². The molecule has 1 aliphatic rings. The highest BCUT2D eigenvalue weighted by molar-refractivity contribution is 5.78. The van der Waals surface area contributed by atoms with Crippen LogP contribution in [0.15, 0.2) is 0 Å². The summed E-state index contributed by atoms with van der Waals surface area (Å²) in [5.41, 5.74) is 0. The van der Waals surface area contributed by atoms with Crippen LogP contribution in [0.4, 0.5) is 0 Å². The van der Waals surface area contributed by atoms with Gasteiger partial charge in [0.25, 0.3) is 0 Å². The second-order valence-electron chi connectivity index (χ2n) is 3.07. The molecule has 2 heteroatoms. The Morgan fingerprint density at radius 1 is 1.55 bits per heavy atom. The van der Waals surface area contributed by atoms with Gasteiger partial charge in [0.15, 0.2) is 0 Å². The summed E-state index contributed by atoms with van der Waals surface area (Å²) in [6.07, 6.45) is 6.54. The third-order valence-corrected chi connectivity index (χ3v) is 2.17. The zero-order valence-corrected chi connectivity index (χ0v) is 7.01. The maximum Gasteiger partial charge on any atom is 0.309 e. The van der Waals surface area contributed by atoms with Gasteiger partial charge in [-0.2, -0.15) is 0 Å². The largest absolute Gasteiger partial charge is 0.465 e. The van der Waals surface area contributed by atoms with E-state index in [4.69, 9.17) is 4.74 Å². The van der Waals surface area contributed by atoms with Crippen molar-refractivity contribution in [2.24, 2.45) is 5.92 Å². The van der Waals surface area contributed by atoms with Gasteiger partial charge in [-0.25, -0.2) is 0 Å². The Kier molecular flexibility index (Phi) is 3.40. The van der Waals surface area contributed by atoms with Crippen molar-refractivity contribution >= 4 is 5.97 Å². The number of rotatable bonds is 3. The number of hydrogen-bond donors (Lipinski definition) is 0. The van der Waals surface area contributed by atoms with Crippen molar-refractivity contribution in [1.82, 2.24) is 0 Å². The first kappa shape index (κ1) is 8.57. The fourth-order valence-electron chi connectivity index (χ4n) is 1.46. The second-order valence-corrected chi connectivity index (χ2v) is 3.07. The first-order chi connectivity index (χ1) is 5.33. The van der Waals surface area contributed by atoms with E-state index >= 15 is 0 Å². The summed E-state index contributed by atoms with van der Waals surface area (Å²) in [5.74, 6) is 0.454. The van der Waals surface area contributed by atoms with Crippen LogP contribution >= 0.6 is 0 Å². The van der Waals surface area contributed by atoms with E-state index in [0.29, 0.717) is 12.5 Å². The van der Waals surface area contributed by atoms with Gasteiger partial charge in [0.1, 0.15) is 0 Å². The molecule has 1 radical (unpaired) electrons. The van der Waals surface area contributed by atoms with Crippen LogP contribution in [0.25, 0.3) is 0 Å². The molecule has 0 aromatic heterocycles. The summed E-state index contributed by atoms with van der Waals surface area (Å²) < 4.78 is 4.98. The number of carbonyl (C=O) groups excluding carboxylic acids is 1. The Labute approximate surface area is 67.9 Å². The molecule has 0 aromatic rings. The van der Waals surface area contributed by atoms with Gasteiger partial charge in [-0.15, -0.1) is 0 Å². The maximum atomic E-state index is 10.7. The summed E-state index contributed by atoms with van der Waals surface area (Å²) in [7, 11) is 0. The molecule has 0 unspecified atom stereocenters. The molecule has 0 bridgehead atoms. The zero-order valence-electron chi connectivity index (χ0n) is 7.01. The third kappa shape index (κ3) is 2.91. The quantitative estimate of drug-likeness (QED) is 0.582. The zero-order chi connectivity index (χ0) is 8.10.